The monoisotopic (exact) mass is 413 g/mol. The molecule has 0 spiro atoms. The van der Waals surface area contributed by atoms with Gasteiger partial charge < -0.3 is 11.1 Å². The summed E-state index contributed by atoms with van der Waals surface area (Å²) in [6.45, 7) is 2.13. The van der Waals surface area contributed by atoms with Gasteiger partial charge >= 0.3 is 0 Å². The van der Waals surface area contributed by atoms with Crippen molar-refractivity contribution < 1.29 is 4.79 Å². The van der Waals surface area contributed by atoms with Crippen LogP contribution in [0.1, 0.15) is 64.9 Å². The average Bonchev–Trinajstić information content (AvgIpc) is 3.22. The second kappa shape index (κ2) is 9.82. The van der Waals surface area contributed by atoms with Gasteiger partial charge in [-0.15, -0.1) is 11.3 Å². The smallest absolute Gasteiger partial charge is 0.271 e. The summed E-state index contributed by atoms with van der Waals surface area (Å²) in [4.78, 5) is 17.4. The van der Waals surface area contributed by atoms with Crippen molar-refractivity contribution in [2.75, 3.05) is 0 Å². The van der Waals surface area contributed by atoms with Gasteiger partial charge in [-0.05, 0) is 29.7 Å². The first-order chi connectivity index (χ1) is 13.6. The Morgan fingerprint density at radius 2 is 1.82 bits per heavy atom. The largest absolute Gasteiger partial charge is 0.340 e. The first-order valence-electron chi connectivity index (χ1n) is 9.40. The van der Waals surface area contributed by atoms with E-state index in [9.17, 15) is 4.79 Å². The molecule has 6 heteroatoms. The van der Waals surface area contributed by atoms with E-state index in [1.54, 1.807) is 5.38 Å². The van der Waals surface area contributed by atoms with Gasteiger partial charge in [-0.25, -0.2) is 4.98 Å². The highest BCUT2D eigenvalue weighted by atomic mass is 35.5. The zero-order valence-corrected chi connectivity index (χ0v) is 17.3. The van der Waals surface area contributed by atoms with Gasteiger partial charge in [0, 0.05) is 10.4 Å². The van der Waals surface area contributed by atoms with Crippen LogP contribution in [0.4, 0.5) is 0 Å². The maximum Gasteiger partial charge on any atom is 0.271 e. The summed E-state index contributed by atoms with van der Waals surface area (Å²) in [6, 6.07) is 16.9. The Morgan fingerprint density at radius 3 is 2.50 bits per heavy atom. The van der Waals surface area contributed by atoms with Crippen LogP contribution >= 0.6 is 22.9 Å². The van der Waals surface area contributed by atoms with Gasteiger partial charge in [0.15, 0.2) is 0 Å². The number of nitrogens with zero attached hydrogens (tertiary/aromatic N) is 1. The van der Waals surface area contributed by atoms with Crippen LogP contribution in [0.15, 0.2) is 60.0 Å². The molecule has 0 radical (unpaired) electrons. The molecule has 2 atom stereocenters. The number of benzene rings is 2. The van der Waals surface area contributed by atoms with Crippen molar-refractivity contribution in [3.8, 4) is 0 Å². The fourth-order valence-electron chi connectivity index (χ4n) is 2.97. The number of amides is 1. The first-order valence-corrected chi connectivity index (χ1v) is 10.7. The summed E-state index contributed by atoms with van der Waals surface area (Å²) < 4.78 is 0. The number of nitrogens with one attached hydrogen (secondary N) is 1. The zero-order valence-electron chi connectivity index (χ0n) is 15.8. The van der Waals surface area contributed by atoms with Crippen molar-refractivity contribution in [2.24, 2.45) is 5.73 Å². The molecular weight excluding hydrogens is 390 g/mol. The lowest BCUT2D eigenvalue weighted by Crippen LogP contribution is -2.29. The summed E-state index contributed by atoms with van der Waals surface area (Å²) in [5.41, 5.74) is 8.55. The third-order valence-electron chi connectivity index (χ3n) is 4.55. The molecule has 0 saturated carbocycles. The molecule has 1 aromatic heterocycles. The number of thiazole rings is 1. The number of nitrogens with two attached hydrogens (primary N) is 1. The van der Waals surface area contributed by atoms with E-state index < -0.39 is 0 Å². The number of aromatic nitrogens is 1. The summed E-state index contributed by atoms with van der Waals surface area (Å²) in [5.74, 6) is -0.214. The lowest BCUT2D eigenvalue weighted by molar-refractivity contribution is 0.0938. The Bertz CT molecular complexity index is 896. The normalized spacial score (nSPS) is 13.1. The number of unbranched alkanes of at least 4 members (excludes halogenated alkanes) is 1. The molecule has 28 heavy (non-hydrogen) atoms. The Morgan fingerprint density at radius 1 is 1.14 bits per heavy atom. The summed E-state index contributed by atoms with van der Waals surface area (Å²) in [6.07, 6.45) is 3.02. The second-order valence-corrected chi connectivity index (χ2v) is 8.01. The summed E-state index contributed by atoms with van der Waals surface area (Å²) in [7, 11) is 0. The molecule has 0 aliphatic rings. The van der Waals surface area contributed by atoms with Gasteiger partial charge in [0.2, 0.25) is 0 Å². The molecule has 0 aliphatic heterocycles. The molecule has 3 rings (SSSR count). The standard InChI is InChI=1S/C22H24ClN3OS/c1-2-3-9-18(24)22-25-19(14-28-22)21(27)26-20(15-7-5-4-6-8-15)16-10-12-17(23)13-11-16/h4-8,10-14,18,20H,2-3,9,24H2,1H3,(H,26,27). The van der Waals surface area contributed by atoms with Crippen LogP contribution in [0, 0.1) is 0 Å². The van der Waals surface area contributed by atoms with E-state index in [4.69, 9.17) is 17.3 Å². The molecular formula is C22H24ClN3OS. The van der Waals surface area contributed by atoms with Gasteiger partial charge in [0.05, 0.1) is 12.1 Å². The second-order valence-electron chi connectivity index (χ2n) is 6.69. The molecule has 0 aliphatic carbocycles. The molecule has 2 unspecified atom stereocenters. The Balaban J connectivity index is 1.80. The number of halogens is 1. The zero-order chi connectivity index (χ0) is 19.9. The van der Waals surface area contributed by atoms with Crippen molar-refractivity contribution in [1.82, 2.24) is 10.3 Å². The molecule has 0 saturated heterocycles. The van der Waals surface area contributed by atoms with E-state index in [0.717, 1.165) is 35.4 Å². The lowest BCUT2D eigenvalue weighted by Gasteiger charge is -2.19. The highest BCUT2D eigenvalue weighted by molar-refractivity contribution is 7.09. The SMILES string of the molecule is CCCCC(N)c1nc(C(=O)NC(c2ccccc2)c2ccc(Cl)cc2)cs1. The van der Waals surface area contributed by atoms with Crippen LogP contribution < -0.4 is 11.1 Å². The fourth-order valence-corrected chi connectivity index (χ4v) is 3.94. The highest BCUT2D eigenvalue weighted by Crippen LogP contribution is 2.25. The Hall–Kier alpha value is -2.21. The van der Waals surface area contributed by atoms with Gasteiger partial charge in [0.25, 0.3) is 5.91 Å². The maximum absolute atomic E-state index is 12.9. The fraction of sp³-hybridized carbons (Fsp3) is 0.273. The minimum Gasteiger partial charge on any atom is -0.340 e. The average molecular weight is 414 g/mol. The summed E-state index contributed by atoms with van der Waals surface area (Å²) in [5, 5.41) is 6.35. The molecule has 1 heterocycles. The van der Waals surface area contributed by atoms with Crippen molar-refractivity contribution in [1.29, 1.82) is 0 Å². The van der Waals surface area contributed by atoms with Crippen molar-refractivity contribution in [3.63, 3.8) is 0 Å². The van der Waals surface area contributed by atoms with Crippen LogP contribution in [0.3, 0.4) is 0 Å². The third-order valence-corrected chi connectivity index (χ3v) is 5.78. The molecule has 4 nitrogen and oxygen atoms in total. The number of carbonyl (C=O) groups is 1. The number of carbonyl (C=O) groups excluding carboxylic acids is 1. The van der Waals surface area contributed by atoms with E-state index in [-0.39, 0.29) is 18.0 Å². The molecule has 3 aromatic rings. The number of hydrogen-bond acceptors (Lipinski definition) is 4. The van der Waals surface area contributed by atoms with Crippen LogP contribution in [-0.4, -0.2) is 10.9 Å². The van der Waals surface area contributed by atoms with E-state index in [1.165, 1.54) is 11.3 Å². The number of hydrogen-bond donors (Lipinski definition) is 2. The van der Waals surface area contributed by atoms with E-state index in [2.05, 4.69) is 17.2 Å². The van der Waals surface area contributed by atoms with E-state index in [0.29, 0.717) is 10.7 Å². The molecule has 0 bridgehead atoms. The van der Waals surface area contributed by atoms with Crippen LogP contribution in [-0.2, 0) is 0 Å². The predicted octanol–water partition coefficient (Wildman–Crippen LogP) is 5.51. The maximum atomic E-state index is 12.9. The van der Waals surface area contributed by atoms with Crippen LogP contribution in [0.2, 0.25) is 5.02 Å². The van der Waals surface area contributed by atoms with E-state index >= 15 is 0 Å². The summed E-state index contributed by atoms with van der Waals surface area (Å²) >= 11 is 7.47. The van der Waals surface area contributed by atoms with Crippen LogP contribution in [0.5, 0.6) is 0 Å². The first kappa shape index (κ1) is 20.5. The van der Waals surface area contributed by atoms with Gasteiger partial charge in [-0.2, -0.15) is 0 Å². The molecule has 146 valence electrons. The van der Waals surface area contributed by atoms with E-state index in [1.807, 2.05) is 54.6 Å². The van der Waals surface area contributed by atoms with Gasteiger partial charge in [0.1, 0.15) is 10.7 Å². The lowest BCUT2D eigenvalue weighted by atomic mass is 9.98. The minimum atomic E-state index is -0.287. The highest BCUT2D eigenvalue weighted by Gasteiger charge is 2.20. The number of rotatable bonds is 8. The Kier molecular flexibility index (Phi) is 7.20. The topological polar surface area (TPSA) is 68.0 Å². The predicted molar refractivity (Wildman–Crippen MR) is 116 cm³/mol. The molecule has 1 amide bonds. The Labute approximate surface area is 174 Å². The van der Waals surface area contributed by atoms with Gasteiger partial charge in [-0.1, -0.05) is 73.8 Å². The van der Waals surface area contributed by atoms with Crippen LogP contribution in [0.25, 0.3) is 0 Å². The quantitative estimate of drug-likeness (QED) is 0.511. The molecule has 0 fully saturated rings. The van der Waals surface area contributed by atoms with Gasteiger partial charge in [-0.3, -0.25) is 4.79 Å². The minimum absolute atomic E-state index is 0.118. The molecule has 3 N–H and O–H groups in total. The van der Waals surface area contributed by atoms with Crippen molar-refractivity contribution >= 4 is 28.8 Å². The molecule has 2 aromatic carbocycles. The van der Waals surface area contributed by atoms with Crippen molar-refractivity contribution in [3.05, 3.63) is 86.8 Å². The third kappa shape index (κ3) is 5.19. The van der Waals surface area contributed by atoms with Crippen molar-refractivity contribution in [2.45, 2.75) is 38.3 Å².